The van der Waals surface area contributed by atoms with Gasteiger partial charge in [0, 0.05) is 13.1 Å². The topological polar surface area (TPSA) is 113 Å². The van der Waals surface area contributed by atoms with Crippen LogP contribution in [-0.2, 0) is 26.1 Å². The molecule has 1 aliphatic rings. The third kappa shape index (κ3) is 5.49. The minimum absolute atomic E-state index is 0.0301. The summed E-state index contributed by atoms with van der Waals surface area (Å²) in [5, 5.41) is 2.49. The Hall–Kier alpha value is -4.18. The average Bonchev–Trinajstić information content (AvgIpc) is 3.32. The zero-order chi connectivity index (χ0) is 24.8. The van der Waals surface area contributed by atoms with Crippen LogP contribution in [0.5, 0.6) is 0 Å². The summed E-state index contributed by atoms with van der Waals surface area (Å²) < 4.78 is 33.6. The van der Waals surface area contributed by atoms with Crippen molar-refractivity contribution in [3.8, 4) is 0 Å². The molecule has 0 radical (unpaired) electrons. The molecule has 0 saturated carbocycles. The van der Waals surface area contributed by atoms with E-state index < -0.39 is 34.5 Å². The highest BCUT2D eigenvalue weighted by atomic mass is 32.2. The molecule has 0 spiro atoms. The molecule has 0 aliphatic carbocycles. The lowest BCUT2D eigenvalue weighted by Gasteiger charge is -2.25. The van der Waals surface area contributed by atoms with Crippen LogP contribution < -0.4 is 9.62 Å². The van der Waals surface area contributed by atoms with E-state index in [4.69, 9.17) is 4.74 Å². The Morgan fingerprint density at radius 1 is 0.943 bits per heavy atom. The van der Waals surface area contributed by atoms with Crippen molar-refractivity contribution in [3.05, 3.63) is 96.1 Å². The molecule has 0 aromatic heterocycles. The molecule has 3 aromatic rings. The zero-order valence-corrected chi connectivity index (χ0v) is 19.5. The van der Waals surface area contributed by atoms with Crippen molar-refractivity contribution in [2.24, 2.45) is 0 Å². The summed E-state index contributed by atoms with van der Waals surface area (Å²) in [6.45, 7) is -0.0133. The van der Waals surface area contributed by atoms with Crippen molar-refractivity contribution >= 4 is 33.6 Å². The molecule has 1 heterocycles. The number of carbonyl (C=O) groups excluding carboxylic acids is 3. The van der Waals surface area contributed by atoms with Crippen molar-refractivity contribution in [2.45, 2.75) is 11.4 Å². The lowest BCUT2D eigenvalue weighted by molar-refractivity contribution is -0.130. The molecule has 4 rings (SSSR count). The van der Waals surface area contributed by atoms with Crippen LogP contribution in [0.2, 0.25) is 0 Å². The maximum absolute atomic E-state index is 13.7. The van der Waals surface area contributed by atoms with Gasteiger partial charge in [-0.3, -0.25) is 14.0 Å². The number of ether oxygens (including phenoxy) is 1. The number of nitrogens with one attached hydrogen (secondary N) is 1. The summed E-state index contributed by atoms with van der Waals surface area (Å²) in [5.74, 6) is -1.53. The SMILES string of the molecule is O=C(OCC(=O)N1CCNC1=O)c1cccc(S(=O)(=O)N(Cc2ccccc2)c2ccccc2)c1. The maximum atomic E-state index is 13.7. The van der Waals surface area contributed by atoms with E-state index in [9.17, 15) is 22.8 Å². The normalized spacial score (nSPS) is 13.3. The summed E-state index contributed by atoms with van der Waals surface area (Å²) in [4.78, 5) is 37.1. The van der Waals surface area contributed by atoms with Crippen LogP contribution in [-0.4, -0.2) is 50.9 Å². The summed E-state index contributed by atoms with van der Waals surface area (Å²) in [5.41, 5.74) is 1.23. The molecule has 1 saturated heterocycles. The van der Waals surface area contributed by atoms with Crippen LogP contribution in [0.15, 0.2) is 89.8 Å². The van der Waals surface area contributed by atoms with Gasteiger partial charge in [-0.05, 0) is 35.9 Å². The van der Waals surface area contributed by atoms with Gasteiger partial charge in [0.25, 0.3) is 15.9 Å². The lowest BCUT2D eigenvalue weighted by atomic mass is 10.2. The molecule has 1 N–H and O–H groups in total. The van der Waals surface area contributed by atoms with Crippen LogP contribution >= 0.6 is 0 Å². The number of hydrogen-bond acceptors (Lipinski definition) is 6. The lowest BCUT2D eigenvalue weighted by Crippen LogP contribution is -2.37. The number of anilines is 1. The second-order valence-electron chi connectivity index (χ2n) is 7.71. The quantitative estimate of drug-likeness (QED) is 0.483. The Morgan fingerprint density at radius 2 is 1.63 bits per heavy atom. The number of imide groups is 1. The first kappa shape index (κ1) is 24.0. The number of nitrogens with zero attached hydrogens (tertiary/aromatic N) is 2. The predicted octanol–water partition coefficient (Wildman–Crippen LogP) is 2.79. The molecule has 0 atom stereocenters. The molecule has 35 heavy (non-hydrogen) atoms. The van der Waals surface area contributed by atoms with E-state index in [-0.39, 0.29) is 23.5 Å². The number of rotatable bonds is 8. The van der Waals surface area contributed by atoms with Gasteiger partial charge in [0.05, 0.1) is 22.7 Å². The number of benzene rings is 3. The Labute approximate surface area is 203 Å². The number of sulfonamides is 1. The molecule has 3 amide bonds. The van der Waals surface area contributed by atoms with Crippen LogP contribution in [0.3, 0.4) is 0 Å². The molecular formula is C25H23N3O6S. The number of amides is 3. The van der Waals surface area contributed by atoms with Crippen LogP contribution in [0.1, 0.15) is 15.9 Å². The van der Waals surface area contributed by atoms with E-state index >= 15 is 0 Å². The van der Waals surface area contributed by atoms with Gasteiger partial charge < -0.3 is 10.1 Å². The van der Waals surface area contributed by atoms with E-state index in [0.29, 0.717) is 12.2 Å². The Kier molecular flexibility index (Phi) is 7.11. The minimum Gasteiger partial charge on any atom is -0.452 e. The summed E-state index contributed by atoms with van der Waals surface area (Å²) in [6.07, 6.45) is 0. The van der Waals surface area contributed by atoms with E-state index in [2.05, 4.69) is 5.32 Å². The Bertz CT molecular complexity index is 1330. The molecule has 10 heteroatoms. The van der Waals surface area contributed by atoms with Gasteiger partial charge in [-0.1, -0.05) is 54.6 Å². The second kappa shape index (κ2) is 10.4. The van der Waals surface area contributed by atoms with Crippen molar-refractivity contribution in [1.29, 1.82) is 0 Å². The third-order valence-corrected chi connectivity index (χ3v) is 7.13. The number of esters is 1. The fourth-order valence-electron chi connectivity index (χ4n) is 3.57. The Balaban J connectivity index is 1.56. The molecule has 9 nitrogen and oxygen atoms in total. The van der Waals surface area contributed by atoms with Crippen molar-refractivity contribution in [2.75, 3.05) is 24.0 Å². The van der Waals surface area contributed by atoms with Crippen molar-refractivity contribution < 1.29 is 27.5 Å². The molecule has 1 aliphatic heterocycles. The van der Waals surface area contributed by atoms with Gasteiger partial charge in [0.2, 0.25) is 0 Å². The first-order valence-electron chi connectivity index (χ1n) is 10.8. The summed E-state index contributed by atoms with van der Waals surface area (Å²) >= 11 is 0. The van der Waals surface area contributed by atoms with Crippen LogP contribution in [0.25, 0.3) is 0 Å². The van der Waals surface area contributed by atoms with E-state index in [1.54, 1.807) is 30.3 Å². The van der Waals surface area contributed by atoms with Gasteiger partial charge in [-0.15, -0.1) is 0 Å². The number of urea groups is 1. The van der Waals surface area contributed by atoms with Gasteiger partial charge in [0.1, 0.15) is 0 Å². The van der Waals surface area contributed by atoms with Crippen LogP contribution in [0, 0.1) is 0 Å². The highest BCUT2D eigenvalue weighted by Crippen LogP contribution is 2.26. The summed E-state index contributed by atoms with van der Waals surface area (Å²) in [6, 6.07) is 22.7. The largest absolute Gasteiger partial charge is 0.452 e. The van der Waals surface area contributed by atoms with Gasteiger partial charge >= 0.3 is 12.0 Å². The fourth-order valence-corrected chi connectivity index (χ4v) is 5.07. The molecular weight excluding hydrogens is 470 g/mol. The van der Waals surface area contributed by atoms with Gasteiger partial charge in [0.15, 0.2) is 6.61 Å². The molecule has 0 unspecified atom stereocenters. The number of carbonyl (C=O) groups is 3. The second-order valence-corrected chi connectivity index (χ2v) is 9.58. The first-order chi connectivity index (χ1) is 16.9. The zero-order valence-electron chi connectivity index (χ0n) is 18.7. The molecule has 180 valence electrons. The van der Waals surface area contributed by atoms with E-state index in [1.807, 2.05) is 30.3 Å². The monoisotopic (exact) mass is 493 g/mol. The minimum atomic E-state index is -4.06. The van der Waals surface area contributed by atoms with E-state index in [0.717, 1.165) is 10.5 Å². The smallest absolute Gasteiger partial charge is 0.338 e. The maximum Gasteiger partial charge on any atom is 0.338 e. The first-order valence-corrected chi connectivity index (χ1v) is 12.3. The molecule has 3 aromatic carbocycles. The highest BCUT2D eigenvalue weighted by Gasteiger charge is 2.28. The fraction of sp³-hybridized carbons (Fsp3) is 0.160. The van der Waals surface area contributed by atoms with Crippen molar-refractivity contribution in [1.82, 2.24) is 10.2 Å². The van der Waals surface area contributed by atoms with Gasteiger partial charge in [-0.2, -0.15) is 0 Å². The van der Waals surface area contributed by atoms with E-state index in [1.165, 1.54) is 28.6 Å². The van der Waals surface area contributed by atoms with Crippen molar-refractivity contribution in [3.63, 3.8) is 0 Å². The highest BCUT2D eigenvalue weighted by molar-refractivity contribution is 7.92. The molecule has 1 fully saturated rings. The number of para-hydroxylation sites is 1. The summed E-state index contributed by atoms with van der Waals surface area (Å²) in [7, 11) is -4.06. The van der Waals surface area contributed by atoms with Gasteiger partial charge in [-0.25, -0.2) is 18.0 Å². The Morgan fingerprint density at radius 3 is 2.29 bits per heavy atom. The average molecular weight is 494 g/mol. The third-order valence-electron chi connectivity index (χ3n) is 5.36. The van der Waals surface area contributed by atoms with Crippen LogP contribution in [0.4, 0.5) is 10.5 Å². The standard InChI is InChI=1S/C25H23N3O6S/c29-23(27-15-14-26-25(27)31)18-34-24(30)20-10-7-13-22(16-20)35(32,33)28(21-11-5-2-6-12-21)17-19-8-3-1-4-9-19/h1-13,16H,14-15,17-18H2,(H,26,31). The number of hydrogen-bond donors (Lipinski definition) is 1. The predicted molar refractivity (Wildman–Crippen MR) is 128 cm³/mol. The molecule has 0 bridgehead atoms.